The lowest BCUT2D eigenvalue weighted by Crippen LogP contribution is -2.39. The van der Waals surface area contributed by atoms with Crippen LogP contribution in [0.2, 0.25) is 0 Å². The average Bonchev–Trinajstić information content (AvgIpc) is 2.81. The number of rotatable bonds is 7. The van der Waals surface area contributed by atoms with Crippen molar-refractivity contribution in [1.29, 1.82) is 0 Å². The predicted octanol–water partition coefficient (Wildman–Crippen LogP) is 0.619. The summed E-state index contributed by atoms with van der Waals surface area (Å²) < 4.78 is 30.5. The van der Waals surface area contributed by atoms with Gasteiger partial charge in [-0.1, -0.05) is 13.8 Å². The lowest BCUT2D eigenvalue weighted by atomic mass is 10.2. The molecule has 0 spiro atoms. The smallest absolute Gasteiger partial charge is 0.321 e. The Kier molecular flexibility index (Phi) is 5.49. The maximum absolute atomic E-state index is 12.3. The van der Waals surface area contributed by atoms with Crippen molar-refractivity contribution in [2.24, 2.45) is 5.92 Å². The molecule has 0 fully saturated rings. The van der Waals surface area contributed by atoms with E-state index in [0.29, 0.717) is 0 Å². The third-order valence-electron chi connectivity index (χ3n) is 2.27. The molecule has 1 aromatic rings. The Balaban J connectivity index is 2.93. The van der Waals surface area contributed by atoms with E-state index in [0.717, 1.165) is 4.31 Å². The number of aromatic amines is 1. The van der Waals surface area contributed by atoms with Gasteiger partial charge < -0.3 is 4.74 Å². The highest BCUT2D eigenvalue weighted by Crippen LogP contribution is 2.14. The van der Waals surface area contributed by atoms with E-state index in [1.807, 2.05) is 13.8 Å². The van der Waals surface area contributed by atoms with Crippen molar-refractivity contribution in [2.75, 3.05) is 19.7 Å². The largest absolute Gasteiger partial charge is 0.465 e. The summed E-state index contributed by atoms with van der Waals surface area (Å²) in [5.41, 5.74) is 0. The molecule has 19 heavy (non-hydrogen) atoms. The molecule has 0 atom stereocenters. The molecule has 0 aromatic carbocycles. The average molecular weight is 289 g/mol. The number of ether oxygens (including phenoxy) is 1. The molecule has 0 unspecified atom stereocenters. The van der Waals surface area contributed by atoms with Crippen molar-refractivity contribution in [1.82, 2.24) is 14.5 Å². The number of hydrogen-bond donors (Lipinski definition) is 1. The van der Waals surface area contributed by atoms with E-state index in [2.05, 4.69) is 10.2 Å². The van der Waals surface area contributed by atoms with Gasteiger partial charge >= 0.3 is 5.97 Å². The molecular weight excluding hydrogens is 270 g/mol. The lowest BCUT2D eigenvalue weighted by Gasteiger charge is -2.22. The summed E-state index contributed by atoms with van der Waals surface area (Å²) >= 11 is 0. The molecule has 0 aliphatic heterocycles. The topological polar surface area (TPSA) is 92.4 Å². The quantitative estimate of drug-likeness (QED) is 0.743. The van der Waals surface area contributed by atoms with Gasteiger partial charge in [0, 0.05) is 6.54 Å². The van der Waals surface area contributed by atoms with Crippen LogP contribution in [0, 0.1) is 5.92 Å². The Hall–Kier alpha value is -1.41. The maximum atomic E-state index is 12.3. The maximum Gasteiger partial charge on any atom is 0.321 e. The first kappa shape index (κ1) is 15.6. The lowest BCUT2D eigenvalue weighted by molar-refractivity contribution is -0.143. The number of aromatic nitrogens is 2. The van der Waals surface area contributed by atoms with Crippen molar-refractivity contribution < 1.29 is 17.9 Å². The van der Waals surface area contributed by atoms with Crippen molar-refractivity contribution in [2.45, 2.75) is 25.8 Å². The fourth-order valence-corrected chi connectivity index (χ4v) is 2.98. The second-order valence-electron chi connectivity index (χ2n) is 4.42. The molecule has 0 saturated carbocycles. The highest BCUT2D eigenvalue weighted by Gasteiger charge is 2.28. The predicted molar refractivity (Wildman–Crippen MR) is 68.8 cm³/mol. The SMILES string of the molecule is CCOC(=O)CN(CC(C)C)S(=O)(=O)c1ccn[nH]1. The minimum absolute atomic E-state index is 0.0301. The number of H-pyrrole nitrogens is 1. The highest BCUT2D eigenvalue weighted by atomic mass is 32.2. The first-order valence-electron chi connectivity index (χ1n) is 6.03. The summed E-state index contributed by atoms with van der Waals surface area (Å²) in [4.78, 5) is 11.5. The molecule has 0 saturated heterocycles. The number of carbonyl (C=O) groups excluding carboxylic acids is 1. The number of esters is 1. The molecule has 0 aliphatic carbocycles. The standard InChI is InChI=1S/C11H19N3O4S/c1-4-18-11(15)8-14(7-9(2)3)19(16,17)10-5-6-12-13-10/h5-6,9H,4,7-8H2,1-3H3,(H,12,13). The summed E-state index contributed by atoms with van der Waals surface area (Å²) in [6.07, 6.45) is 1.35. The van der Waals surface area contributed by atoms with E-state index in [4.69, 9.17) is 4.74 Å². The normalized spacial score (nSPS) is 12.1. The van der Waals surface area contributed by atoms with Gasteiger partial charge in [0.25, 0.3) is 10.0 Å². The zero-order valence-electron chi connectivity index (χ0n) is 11.3. The second-order valence-corrected chi connectivity index (χ2v) is 6.32. The van der Waals surface area contributed by atoms with Crippen LogP contribution in [0.25, 0.3) is 0 Å². The molecule has 1 rings (SSSR count). The van der Waals surface area contributed by atoms with Gasteiger partial charge in [0.05, 0.1) is 12.8 Å². The van der Waals surface area contributed by atoms with E-state index in [1.165, 1.54) is 12.3 Å². The minimum atomic E-state index is -3.75. The number of hydrogen-bond acceptors (Lipinski definition) is 5. The van der Waals surface area contributed by atoms with Crippen molar-refractivity contribution in [3.05, 3.63) is 12.3 Å². The molecule has 0 bridgehead atoms. The molecule has 0 amide bonds. The fraction of sp³-hybridized carbons (Fsp3) is 0.636. The van der Waals surface area contributed by atoms with Gasteiger partial charge in [-0.3, -0.25) is 9.89 Å². The first-order valence-corrected chi connectivity index (χ1v) is 7.47. The van der Waals surface area contributed by atoms with Crippen LogP contribution in [0.15, 0.2) is 17.3 Å². The zero-order chi connectivity index (χ0) is 14.5. The van der Waals surface area contributed by atoms with Crippen molar-refractivity contribution in [3.8, 4) is 0 Å². The third-order valence-corrected chi connectivity index (χ3v) is 4.01. The molecule has 0 radical (unpaired) electrons. The van der Waals surface area contributed by atoms with Gasteiger partial charge in [-0.05, 0) is 18.9 Å². The van der Waals surface area contributed by atoms with Gasteiger partial charge in [-0.15, -0.1) is 0 Å². The van der Waals surface area contributed by atoms with Gasteiger partial charge in [-0.2, -0.15) is 9.40 Å². The number of sulfonamides is 1. The molecule has 1 N–H and O–H groups in total. The molecule has 0 aliphatic rings. The van der Waals surface area contributed by atoms with Crippen LogP contribution in [0.1, 0.15) is 20.8 Å². The summed E-state index contributed by atoms with van der Waals surface area (Å²) in [6.45, 7) is 5.58. The van der Waals surface area contributed by atoms with Crippen LogP contribution in [-0.4, -0.2) is 48.6 Å². The van der Waals surface area contributed by atoms with E-state index in [9.17, 15) is 13.2 Å². The highest BCUT2D eigenvalue weighted by molar-refractivity contribution is 7.89. The Morgan fingerprint density at radius 1 is 1.53 bits per heavy atom. The number of nitrogens with zero attached hydrogens (tertiary/aromatic N) is 2. The Morgan fingerprint density at radius 3 is 2.68 bits per heavy atom. The molecule has 7 nitrogen and oxygen atoms in total. The summed E-state index contributed by atoms with van der Waals surface area (Å²) in [6, 6.07) is 1.35. The van der Waals surface area contributed by atoms with Crippen LogP contribution in [-0.2, 0) is 19.6 Å². The van der Waals surface area contributed by atoms with E-state index in [1.54, 1.807) is 6.92 Å². The minimum Gasteiger partial charge on any atom is -0.465 e. The van der Waals surface area contributed by atoms with Crippen molar-refractivity contribution >= 4 is 16.0 Å². The molecular formula is C11H19N3O4S. The summed E-state index contributed by atoms with van der Waals surface area (Å²) in [5, 5.41) is 5.99. The van der Waals surface area contributed by atoms with Gasteiger partial charge in [-0.25, -0.2) is 8.42 Å². The van der Waals surface area contributed by atoms with Crippen LogP contribution >= 0.6 is 0 Å². The molecule has 1 aromatic heterocycles. The Labute approximate surface area is 113 Å². The summed E-state index contributed by atoms with van der Waals surface area (Å²) in [5.74, 6) is -0.474. The first-order chi connectivity index (χ1) is 8.87. The van der Waals surface area contributed by atoms with Gasteiger partial charge in [0.1, 0.15) is 6.54 Å². The summed E-state index contributed by atoms with van der Waals surface area (Å²) in [7, 11) is -3.75. The van der Waals surface area contributed by atoms with Gasteiger partial charge in [0.2, 0.25) is 0 Å². The molecule has 8 heteroatoms. The van der Waals surface area contributed by atoms with Gasteiger partial charge in [0.15, 0.2) is 5.03 Å². The Bertz CT molecular complexity index is 496. The van der Waals surface area contributed by atoms with E-state index in [-0.39, 0.29) is 30.6 Å². The van der Waals surface area contributed by atoms with Crippen molar-refractivity contribution in [3.63, 3.8) is 0 Å². The van der Waals surface area contributed by atoms with Crippen LogP contribution in [0.4, 0.5) is 0 Å². The fourth-order valence-electron chi connectivity index (χ4n) is 1.53. The number of nitrogens with one attached hydrogen (secondary N) is 1. The molecule has 108 valence electrons. The van der Waals surface area contributed by atoms with Crippen LogP contribution in [0.5, 0.6) is 0 Å². The zero-order valence-corrected chi connectivity index (χ0v) is 12.1. The van der Waals surface area contributed by atoms with Crippen LogP contribution in [0.3, 0.4) is 0 Å². The molecule has 1 heterocycles. The van der Waals surface area contributed by atoms with E-state index < -0.39 is 16.0 Å². The second kappa shape index (κ2) is 6.67. The van der Waals surface area contributed by atoms with E-state index >= 15 is 0 Å². The van der Waals surface area contributed by atoms with Crippen LogP contribution < -0.4 is 0 Å². The number of carbonyl (C=O) groups is 1. The third kappa shape index (κ3) is 4.32. The Morgan fingerprint density at radius 2 is 2.21 bits per heavy atom. The monoisotopic (exact) mass is 289 g/mol.